The summed E-state index contributed by atoms with van der Waals surface area (Å²) in [5, 5.41) is 6.20. The molecule has 6 heterocycles. The van der Waals surface area contributed by atoms with Crippen LogP contribution in [0.15, 0.2) is 110 Å². The number of aromatic nitrogens is 3. The number of ether oxygens (including phenoxy) is 3. The number of amides is 4. The van der Waals surface area contributed by atoms with Crippen molar-refractivity contribution in [2.75, 3.05) is 26.4 Å². The first-order chi connectivity index (χ1) is 48.0. The van der Waals surface area contributed by atoms with Crippen LogP contribution in [0.4, 0.5) is 39.5 Å². The number of H-pyrrole nitrogens is 3. The number of alkyl halides is 3. The summed E-state index contributed by atoms with van der Waals surface area (Å²) in [6, 6.07) is 20.7. The molecule has 0 bridgehead atoms. The predicted molar refractivity (Wildman–Crippen MR) is 355 cm³/mol. The molecule has 9 aromatic rings. The summed E-state index contributed by atoms with van der Waals surface area (Å²) in [6.45, 7) is 1.44. The largest absolute Gasteiger partial charge is 0.489 e. The van der Waals surface area contributed by atoms with Crippen molar-refractivity contribution in [3.63, 3.8) is 0 Å². The Labute approximate surface area is 568 Å². The van der Waals surface area contributed by atoms with Crippen LogP contribution in [0.1, 0.15) is 116 Å². The third-order valence-electron chi connectivity index (χ3n) is 21.2. The van der Waals surface area contributed by atoms with E-state index in [9.17, 15) is 58.7 Å². The highest BCUT2D eigenvalue weighted by molar-refractivity contribution is 5.97. The van der Waals surface area contributed by atoms with E-state index in [1.54, 1.807) is 36.5 Å². The second-order valence-corrected chi connectivity index (χ2v) is 28.0. The first-order valence-electron chi connectivity index (χ1n) is 33.9. The molecule has 0 saturated heterocycles. The lowest BCUT2D eigenvalue weighted by Gasteiger charge is -2.48. The Bertz CT molecular complexity index is 4630. The van der Waals surface area contributed by atoms with E-state index in [0.29, 0.717) is 103 Å². The third kappa shape index (κ3) is 14.1. The van der Waals surface area contributed by atoms with Crippen LogP contribution in [0.5, 0.6) is 17.2 Å². The van der Waals surface area contributed by atoms with Crippen molar-refractivity contribution in [1.82, 2.24) is 30.1 Å². The van der Waals surface area contributed by atoms with Gasteiger partial charge in [-0.15, -0.1) is 0 Å². The van der Waals surface area contributed by atoms with Crippen LogP contribution in [-0.2, 0) is 43.3 Å². The zero-order valence-electron chi connectivity index (χ0n) is 54.3. The fourth-order valence-electron chi connectivity index (χ4n) is 16.0. The van der Waals surface area contributed by atoms with Crippen LogP contribution in [0.2, 0.25) is 0 Å². The molecule has 4 amide bonds. The first kappa shape index (κ1) is 67.7. The fraction of sp³-hybridized carbons (Fsp3) is 0.387. The molecule has 0 unspecified atom stereocenters. The molecule has 3 atom stereocenters. The summed E-state index contributed by atoms with van der Waals surface area (Å²) in [5.74, 6) is -4.64. The van der Waals surface area contributed by atoms with Crippen molar-refractivity contribution in [2.45, 2.75) is 132 Å². The molecule has 16 rings (SSSR count). The van der Waals surface area contributed by atoms with E-state index in [1.807, 2.05) is 12.4 Å². The molecule has 524 valence electrons. The lowest BCUT2D eigenvalue weighted by atomic mass is 9.75. The number of nitrogens with one attached hydrogen (secondary N) is 4. The van der Waals surface area contributed by atoms with Crippen LogP contribution < -0.4 is 36.7 Å². The van der Waals surface area contributed by atoms with Crippen LogP contribution in [-0.4, -0.2) is 117 Å². The quantitative estimate of drug-likeness (QED) is 0.0428. The number of aromatic amines is 3. The van der Waals surface area contributed by atoms with Crippen LogP contribution in [0.3, 0.4) is 0 Å². The van der Waals surface area contributed by atoms with Gasteiger partial charge in [-0.3, -0.25) is 24.1 Å². The van der Waals surface area contributed by atoms with Gasteiger partial charge >= 0.3 is 12.1 Å². The number of carbonyl (C=O) groups is 4. The van der Waals surface area contributed by atoms with Gasteiger partial charge in [-0.2, -0.15) is 13.2 Å². The maximum absolute atomic E-state index is 14.3. The van der Waals surface area contributed by atoms with E-state index in [4.69, 9.17) is 31.4 Å². The number of carbonyl (C=O) groups excluding carboxylic acids is 4. The molecular weight excluding hydrogens is 1310 g/mol. The molecule has 3 aliphatic heterocycles. The number of benzene rings is 6. The van der Waals surface area contributed by atoms with Crippen LogP contribution >= 0.6 is 0 Å². The Balaban J connectivity index is 0.000000128. The number of halogens is 9. The molecule has 10 N–H and O–H groups in total. The topological polar surface area (TPSA) is 240 Å². The number of primary amides is 3. The predicted octanol–water partition coefficient (Wildman–Crippen LogP) is 12.3. The van der Waals surface area contributed by atoms with Crippen molar-refractivity contribution in [1.29, 1.82) is 0 Å². The number of hydrogen-bond donors (Lipinski definition) is 7. The van der Waals surface area contributed by atoms with Gasteiger partial charge in [-0.05, 0) is 215 Å². The Hall–Kier alpha value is -9.49. The van der Waals surface area contributed by atoms with E-state index < -0.39 is 59.3 Å². The van der Waals surface area contributed by atoms with Gasteiger partial charge in [-0.25, -0.2) is 26.3 Å². The lowest BCUT2D eigenvalue weighted by molar-refractivity contribution is -0.194. The molecule has 100 heavy (non-hydrogen) atoms. The summed E-state index contributed by atoms with van der Waals surface area (Å²) in [6.07, 6.45) is 11.1. The Morgan fingerprint density at radius 3 is 1.27 bits per heavy atom. The van der Waals surface area contributed by atoms with Crippen molar-refractivity contribution in [3.8, 4) is 17.2 Å². The van der Waals surface area contributed by atoms with Gasteiger partial charge in [0, 0.05) is 128 Å². The molecular formula is C75H74F9N9O7. The number of nitrogens with two attached hydrogens (primary N) is 3. The second-order valence-electron chi connectivity index (χ2n) is 28.0. The second kappa shape index (κ2) is 27.6. The summed E-state index contributed by atoms with van der Waals surface area (Å²) in [5.41, 5.74) is 24.0. The summed E-state index contributed by atoms with van der Waals surface area (Å²) >= 11 is 0. The maximum Gasteiger partial charge on any atom is 0.471 e. The number of nitrogens with zero attached hydrogens (tertiary/aromatic N) is 2. The van der Waals surface area contributed by atoms with E-state index in [-0.39, 0.29) is 76.9 Å². The van der Waals surface area contributed by atoms with Crippen molar-refractivity contribution in [2.24, 2.45) is 40.9 Å². The SMILES string of the molecule is NC(=O)c1ccc(F)c2c1C[C@@H](N(C(=O)C(F)(F)F)C1CC(Cc3c[nH]c4ccc(F)cc34)C1)CO2.NC(=O)c1ccc(F)c2c1C[C@@H](N(CC1CC1)C1CC(Cc3c[nH]c4ccc(F)cc34)C1)CO2.NC(=O)c1ccc(F)c2c1C[C@@H](NC1CC(Cc3c[nH]c4ccc(F)cc34)C1)CO2. The fourth-order valence-corrected chi connectivity index (χ4v) is 16.0. The highest BCUT2D eigenvalue weighted by Gasteiger charge is 2.51. The maximum atomic E-state index is 14.3. The van der Waals surface area contributed by atoms with Crippen molar-refractivity contribution < 1.29 is 72.9 Å². The van der Waals surface area contributed by atoms with Crippen LogP contribution in [0.25, 0.3) is 32.7 Å². The summed E-state index contributed by atoms with van der Waals surface area (Å²) < 4.78 is 141. The monoisotopic (exact) mass is 1380 g/mol. The zero-order chi connectivity index (χ0) is 70.0. The molecule has 7 aliphatic rings. The number of hydrogen-bond acceptors (Lipinski definition) is 9. The van der Waals surface area contributed by atoms with Gasteiger partial charge in [0.1, 0.15) is 37.3 Å². The minimum Gasteiger partial charge on any atom is -0.489 e. The van der Waals surface area contributed by atoms with Gasteiger partial charge in [0.15, 0.2) is 34.7 Å². The molecule has 6 aromatic carbocycles. The average Bonchev–Trinajstić information content (AvgIpc) is 1.08. The van der Waals surface area contributed by atoms with Crippen molar-refractivity contribution >= 4 is 56.3 Å². The Morgan fingerprint density at radius 2 is 0.850 bits per heavy atom. The molecule has 25 heteroatoms. The van der Waals surface area contributed by atoms with E-state index >= 15 is 0 Å². The van der Waals surface area contributed by atoms with Gasteiger partial charge in [0.05, 0.1) is 6.04 Å². The Morgan fingerprint density at radius 1 is 0.460 bits per heavy atom. The Kier molecular flexibility index (Phi) is 18.7. The molecule has 4 aliphatic carbocycles. The number of fused-ring (bicyclic) bond motifs is 6. The van der Waals surface area contributed by atoms with E-state index in [2.05, 4.69) is 25.2 Å². The normalized spacial score (nSPS) is 22.8. The molecule has 4 saturated carbocycles. The molecule has 0 spiro atoms. The highest BCUT2D eigenvalue weighted by Crippen LogP contribution is 2.45. The smallest absolute Gasteiger partial charge is 0.471 e. The minimum absolute atomic E-state index is 0.00512. The van der Waals surface area contributed by atoms with Crippen LogP contribution in [0, 0.1) is 58.6 Å². The first-order valence-corrected chi connectivity index (χ1v) is 33.9. The van der Waals surface area contributed by atoms with Gasteiger partial charge < -0.3 is 56.6 Å². The van der Waals surface area contributed by atoms with Gasteiger partial charge in [0.2, 0.25) is 17.7 Å². The zero-order valence-corrected chi connectivity index (χ0v) is 54.3. The minimum atomic E-state index is -5.12. The number of rotatable bonds is 17. The summed E-state index contributed by atoms with van der Waals surface area (Å²) in [7, 11) is 0. The van der Waals surface area contributed by atoms with Gasteiger partial charge in [0.25, 0.3) is 0 Å². The third-order valence-corrected chi connectivity index (χ3v) is 21.2. The standard InChI is InChI=1S/C27H29F2N3O2.C25H22F5N3O3.C23H23F2N3O2/c28-18-3-6-25-22(10-18)17(12-31-25)7-16-8-19(9-16)32(13-15-1-2-15)20-11-23-21(27(30)33)4-5-24(29)26(23)34-14-20;26-14-1-4-21-18(8-14)13(10-32-21)5-12-6-15(7-12)33(24(35)25(28,29)30)16-9-19-17(23(31)34)2-3-20(27)22(19)36-11-16;24-14-1-4-21-18(8-14)13(10-27-21)5-12-6-15(7-12)28-16-9-19-17(23(26)29)2-3-20(25)22(19)30-11-16/h3-6,10,12,15-16,19-20,31H,1-2,7-9,11,13-14H2,(H2,30,33);1-4,8,10,12,15-16,32H,5-7,9,11H2,(H2,31,34);1-4,8,10,12,15-16,27-28H,5-7,9,11H2,(H2,26,29)/t16?,19?,20-;2*12?,15?,16-/m111/s1. The summed E-state index contributed by atoms with van der Waals surface area (Å²) in [4.78, 5) is 60.8. The molecule has 3 aromatic heterocycles. The van der Waals surface area contributed by atoms with E-state index in [1.165, 1.54) is 66.9 Å². The molecule has 16 nitrogen and oxygen atoms in total. The van der Waals surface area contributed by atoms with Crippen molar-refractivity contribution in [3.05, 3.63) is 195 Å². The lowest BCUT2D eigenvalue weighted by Crippen LogP contribution is -2.59. The molecule has 0 radical (unpaired) electrons. The highest BCUT2D eigenvalue weighted by atomic mass is 19.4. The molecule has 4 fully saturated rings. The van der Waals surface area contributed by atoms with Gasteiger partial charge in [-0.1, -0.05) is 0 Å². The average molecular weight is 1380 g/mol. The van der Waals surface area contributed by atoms with E-state index in [0.717, 1.165) is 101 Å².